The number of alkyl halides is 1. The molecule has 1 unspecified atom stereocenters. The lowest BCUT2D eigenvalue weighted by Gasteiger charge is -2.31. The zero-order valence-electron chi connectivity index (χ0n) is 20.6. The molecular weight excluding hydrogens is 467 g/mol. The summed E-state index contributed by atoms with van der Waals surface area (Å²) in [5.41, 5.74) is 2.98. The topological polar surface area (TPSA) is 115 Å². The number of hydrogen-bond acceptors (Lipinski definition) is 8. The highest BCUT2D eigenvalue weighted by atomic mass is 19.1. The molecule has 0 aliphatic carbocycles. The number of fused-ring (bicyclic) bond motifs is 2. The molecule has 1 aromatic carbocycles. The zero-order valence-corrected chi connectivity index (χ0v) is 20.6. The van der Waals surface area contributed by atoms with E-state index in [0.717, 1.165) is 16.8 Å². The van der Waals surface area contributed by atoms with Crippen LogP contribution in [0.2, 0.25) is 0 Å². The minimum atomic E-state index is -1.54. The van der Waals surface area contributed by atoms with Crippen LogP contribution < -0.4 is 10.2 Å². The van der Waals surface area contributed by atoms with Crippen molar-refractivity contribution in [2.75, 3.05) is 43.1 Å². The van der Waals surface area contributed by atoms with Gasteiger partial charge in [0.25, 0.3) is 5.91 Å². The molecule has 0 bridgehead atoms. The molecule has 2 atom stereocenters. The van der Waals surface area contributed by atoms with Gasteiger partial charge in [0.15, 0.2) is 5.65 Å². The summed E-state index contributed by atoms with van der Waals surface area (Å²) in [6.07, 6.45) is 2.42. The van der Waals surface area contributed by atoms with Gasteiger partial charge in [0, 0.05) is 44.1 Å². The lowest BCUT2D eigenvalue weighted by Crippen LogP contribution is -2.41. The van der Waals surface area contributed by atoms with Gasteiger partial charge >= 0.3 is 0 Å². The number of anilines is 2. The molecule has 1 saturated heterocycles. The molecule has 3 N–H and O–H groups in total. The van der Waals surface area contributed by atoms with Crippen molar-refractivity contribution in [3.63, 3.8) is 0 Å². The van der Waals surface area contributed by atoms with Crippen molar-refractivity contribution in [1.29, 1.82) is 0 Å². The summed E-state index contributed by atoms with van der Waals surface area (Å²) in [7, 11) is 0. The summed E-state index contributed by atoms with van der Waals surface area (Å²) < 4.78 is 21.7. The molecule has 10 nitrogen and oxygen atoms in total. The quantitative estimate of drug-likeness (QED) is 0.473. The fourth-order valence-electron chi connectivity index (χ4n) is 4.61. The third-order valence-electron chi connectivity index (χ3n) is 6.75. The van der Waals surface area contributed by atoms with Gasteiger partial charge in [-0.3, -0.25) is 9.69 Å². The summed E-state index contributed by atoms with van der Waals surface area (Å²) in [5, 5.41) is 28.3. The first-order valence-corrected chi connectivity index (χ1v) is 12.0. The van der Waals surface area contributed by atoms with Crippen molar-refractivity contribution >= 4 is 22.9 Å². The van der Waals surface area contributed by atoms with Gasteiger partial charge in [0.1, 0.15) is 18.0 Å². The average molecular weight is 499 g/mol. The van der Waals surface area contributed by atoms with E-state index in [0.29, 0.717) is 48.8 Å². The van der Waals surface area contributed by atoms with Crippen LogP contribution in [0, 0.1) is 6.92 Å². The van der Waals surface area contributed by atoms with E-state index in [1.54, 1.807) is 21.8 Å². The van der Waals surface area contributed by atoms with Crippen LogP contribution >= 0.6 is 0 Å². The van der Waals surface area contributed by atoms with E-state index in [1.165, 1.54) is 20.0 Å². The molecule has 11 heteroatoms. The summed E-state index contributed by atoms with van der Waals surface area (Å²) in [6.45, 7) is 7.24. The number of ether oxygens (including phenoxy) is 1. The van der Waals surface area contributed by atoms with Gasteiger partial charge in [-0.15, -0.1) is 0 Å². The number of nitrogens with zero attached hydrogens (tertiary/aromatic N) is 5. The number of amides is 1. The maximum atomic E-state index is 14.6. The van der Waals surface area contributed by atoms with Gasteiger partial charge in [0.2, 0.25) is 0 Å². The third-order valence-corrected chi connectivity index (χ3v) is 6.75. The predicted molar refractivity (Wildman–Crippen MR) is 132 cm³/mol. The van der Waals surface area contributed by atoms with E-state index >= 15 is 0 Å². The van der Waals surface area contributed by atoms with Gasteiger partial charge < -0.3 is 25.2 Å². The molecular formula is C25H31FN6O4. The lowest BCUT2D eigenvalue weighted by molar-refractivity contribution is -0.0547. The molecule has 0 spiro atoms. The minimum Gasteiger partial charge on any atom is -0.387 e. The standard InChI is InChI=1S/C25H31FN6O4/c1-15-10-27-22-18(11-28-32(22)12-15)23(33)29-19-8-16-13-31(14-21(26)25(2,3)35)24(34)17(16)9-20(19)30-4-6-36-7-5-30/h8-12,21,24,34-35H,4-7,13-14H2,1-3H3,(H,29,33)/t21-,24?/m1/s1. The Kier molecular flexibility index (Phi) is 6.41. The number of aliphatic hydroxyl groups is 2. The van der Waals surface area contributed by atoms with Crippen molar-refractivity contribution in [3.05, 3.63) is 53.0 Å². The summed E-state index contributed by atoms with van der Waals surface area (Å²) >= 11 is 0. The number of carbonyl (C=O) groups is 1. The van der Waals surface area contributed by atoms with Crippen molar-refractivity contribution in [3.8, 4) is 0 Å². The van der Waals surface area contributed by atoms with Crippen molar-refractivity contribution in [2.45, 2.75) is 45.3 Å². The van der Waals surface area contributed by atoms with E-state index in [9.17, 15) is 19.4 Å². The Hall–Kier alpha value is -3.12. The van der Waals surface area contributed by atoms with Crippen LogP contribution in [-0.2, 0) is 11.3 Å². The molecule has 192 valence electrons. The van der Waals surface area contributed by atoms with E-state index in [4.69, 9.17) is 4.74 Å². The Morgan fingerprint density at radius 1 is 1.31 bits per heavy atom. The number of halogens is 1. The Balaban J connectivity index is 1.47. The number of aromatic nitrogens is 3. The molecule has 5 rings (SSSR count). The molecule has 1 fully saturated rings. The van der Waals surface area contributed by atoms with E-state index in [-0.39, 0.29) is 19.0 Å². The maximum absolute atomic E-state index is 14.6. The Morgan fingerprint density at radius 3 is 2.78 bits per heavy atom. The van der Waals surface area contributed by atoms with Gasteiger partial charge in [-0.2, -0.15) is 5.10 Å². The molecule has 3 aromatic rings. The van der Waals surface area contributed by atoms with Crippen LogP contribution in [0.25, 0.3) is 5.65 Å². The van der Waals surface area contributed by atoms with Crippen molar-refractivity contribution in [1.82, 2.24) is 19.5 Å². The molecule has 2 aromatic heterocycles. The second-order valence-electron chi connectivity index (χ2n) is 10.0. The summed E-state index contributed by atoms with van der Waals surface area (Å²) in [6, 6.07) is 3.69. The van der Waals surface area contributed by atoms with Gasteiger partial charge in [0.05, 0.1) is 36.4 Å². The predicted octanol–water partition coefficient (Wildman–Crippen LogP) is 2.04. The van der Waals surface area contributed by atoms with Crippen LogP contribution in [-0.4, -0.2) is 80.2 Å². The maximum Gasteiger partial charge on any atom is 0.261 e. The van der Waals surface area contributed by atoms with Crippen LogP contribution in [0.5, 0.6) is 0 Å². The largest absolute Gasteiger partial charge is 0.387 e. The lowest BCUT2D eigenvalue weighted by atomic mass is 10.0. The number of benzene rings is 1. The zero-order chi connectivity index (χ0) is 25.6. The Bertz CT molecular complexity index is 1280. The van der Waals surface area contributed by atoms with Crippen LogP contribution in [0.1, 0.15) is 47.1 Å². The Morgan fingerprint density at radius 2 is 2.06 bits per heavy atom. The molecule has 4 heterocycles. The van der Waals surface area contributed by atoms with Crippen LogP contribution in [0.15, 0.2) is 30.7 Å². The number of nitrogens with one attached hydrogen (secondary N) is 1. The summed E-state index contributed by atoms with van der Waals surface area (Å²) in [4.78, 5) is 21.3. The second kappa shape index (κ2) is 9.40. The van der Waals surface area contributed by atoms with E-state index < -0.39 is 18.0 Å². The monoisotopic (exact) mass is 498 g/mol. The number of aliphatic hydroxyl groups excluding tert-OH is 1. The molecule has 0 radical (unpaired) electrons. The summed E-state index contributed by atoms with van der Waals surface area (Å²) in [5.74, 6) is -0.350. The molecule has 36 heavy (non-hydrogen) atoms. The highest BCUT2D eigenvalue weighted by molar-refractivity contribution is 6.09. The molecule has 1 amide bonds. The molecule has 2 aliphatic heterocycles. The fourth-order valence-corrected chi connectivity index (χ4v) is 4.61. The Labute approximate surface area is 208 Å². The number of hydrogen-bond donors (Lipinski definition) is 3. The molecule has 2 aliphatic rings. The number of aryl methyl sites for hydroxylation is 1. The smallest absolute Gasteiger partial charge is 0.261 e. The first-order valence-electron chi connectivity index (χ1n) is 12.0. The van der Waals surface area contributed by atoms with Crippen LogP contribution in [0.4, 0.5) is 15.8 Å². The highest BCUT2D eigenvalue weighted by Gasteiger charge is 2.36. The highest BCUT2D eigenvalue weighted by Crippen LogP contribution is 2.40. The van der Waals surface area contributed by atoms with Crippen molar-refractivity contribution < 1.29 is 24.1 Å². The SMILES string of the molecule is Cc1cnc2c(C(=O)Nc3cc4c(cc3N3CCOCC3)C(O)N(C[C@@H](F)C(C)(C)O)C4)cnn2c1. The number of morpholine rings is 1. The van der Waals surface area contributed by atoms with Gasteiger partial charge in [-0.25, -0.2) is 13.9 Å². The number of rotatable bonds is 6. The first-order chi connectivity index (χ1) is 17.1. The number of carbonyl (C=O) groups excluding carboxylic acids is 1. The second-order valence-corrected chi connectivity index (χ2v) is 10.0. The normalized spacial score (nSPS) is 19.5. The molecule has 0 saturated carbocycles. The minimum absolute atomic E-state index is 0.124. The average Bonchev–Trinajstić information content (AvgIpc) is 3.39. The van der Waals surface area contributed by atoms with Gasteiger partial charge in [-0.1, -0.05) is 0 Å². The van der Waals surface area contributed by atoms with Crippen LogP contribution in [0.3, 0.4) is 0 Å². The van der Waals surface area contributed by atoms with Gasteiger partial charge in [-0.05, 0) is 44.0 Å². The fraction of sp³-hybridized carbons (Fsp3) is 0.480. The van der Waals surface area contributed by atoms with E-state index in [2.05, 4.69) is 20.3 Å². The first kappa shape index (κ1) is 24.6. The third kappa shape index (κ3) is 4.66. The van der Waals surface area contributed by atoms with Crippen molar-refractivity contribution in [2.24, 2.45) is 0 Å². The van der Waals surface area contributed by atoms with E-state index in [1.807, 2.05) is 19.1 Å².